The van der Waals surface area contributed by atoms with Crippen molar-refractivity contribution in [1.82, 2.24) is 15.1 Å². The van der Waals surface area contributed by atoms with Crippen molar-refractivity contribution in [2.24, 2.45) is 17.8 Å². The number of hydrogen-bond donors (Lipinski definition) is 1. The first-order valence-electron chi connectivity index (χ1n) is 9.56. The predicted molar refractivity (Wildman–Crippen MR) is 92.2 cm³/mol. The standard InChI is InChI=1S/C18H32F3N3O/c1-3-23(13-18(19,20)21)11-15-6-8-24(12-15)17(25)9-14(2)16-5-4-7-22-10-16/h14-16,22H,3-13H2,1-2H3. The number of carbonyl (C=O) groups excluding carboxylic acids is 1. The molecule has 0 saturated carbocycles. The fourth-order valence-electron chi connectivity index (χ4n) is 4.07. The van der Waals surface area contributed by atoms with Crippen LogP contribution in [0.25, 0.3) is 0 Å². The molecule has 2 fully saturated rings. The summed E-state index contributed by atoms with van der Waals surface area (Å²) in [5.74, 6) is 1.23. The molecular formula is C18H32F3N3O. The molecule has 0 aromatic rings. The molecule has 0 aliphatic carbocycles. The molecule has 3 unspecified atom stereocenters. The summed E-state index contributed by atoms with van der Waals surface area (Å²) in [6.45, 7) is 7.17. The molecule has 0 bridgehead atoms. The highest BCUT2D eigenvalue weighted by atomic mass is 19.4. The van der Waals surface area contributed by atoms with Crippen LogP contribution in [0.2, 0.25) is 0 Å². The molecule has 0 aromatic carbocycles. The van der Waals surface area contributed by atoms with Crippen molar-refractivity contribution in [3.8, 4) is 0 Å². The Morgan fingerprint density at radius 1 is 1.36 bits per heavy atom. The lowest BCUT2D eigenvalue weighted by atomic mass is 9.85. The van der Waals surface area contributed by atoms with Gasteiger partial charge in [0.05, 0.1) is 6.54 Å². The molecule has 1 amide bonds. The van der Waals surface area contributed by atoms with E-state index in [2.05, 4.69) is 12.2 Å². The van der Waals surface area contributed by atoms with Crippen molar-refractivity contribution >= 4 is 5.91 Å². The molecule has 4 nitrogen and oxygen atoms in total. The van der Waals surface area contributed by atoms with Crippen LogP contribution < -0.4 is 5.32 Å². The van der Waals surface area contributed by atoms with Crippen LogP contribution in [-0.2, 0) is 4.79 Å². The van der Waals surface area contributed by atoms with E-state index in [1.54, 1.807) is 6.92 Å². The summed E-state index contributed by atoms with van der Waals surface area (Å²) in [5, 5.41) is 3.39. The Morgan fingerprint density at radius 2 is 2.12 bits per heavy atom. The maximum atomic E-state index is 12.6. The third-order valence-corrected chi connectivity index (χ3v) is 5.64. The Kier molecular flexibility index (Phi) is 7.55. The lowest BCUT2D eigenvalue weighted by Crippen LogP contribution is -2.39. The summed E-state index contributed by atoms with van der Waals surface area (Å²) in [5.41, 5.74) is 0. The summed E-state index contributed by atoms with van der Waals surface area (Å²) in [6.07, 6.45) is -0.458. The zero-order chi connectivity index (χ0) is 18.4. The number of amides is 1. The van der Waals surface area contributed by atoms with Gasteiger partial charge in [-0.2, -0.15) is 13.2 Å². The maximum Gasteiger partial charge on any atom is 0.401 e. The SMILES string of the molecule is CCN(CC1CCN(C(=O)CC(C)C2CCCNC2)C1)CC(F)(F)F. The highest BCUT2D eigenvalue weighted by molar-refractivity contribution is 5.76. The van der Waals surface area contributed by atoms with Gasteiger partial charge in [0.1, 0.15) is 0 Å². The monoisotopic (exact) mass is 363 g/mol. The minimum atomic E-state index is -4.16. The van der Waals surface area contributed by atoms with Crippen LogP contribution in [0.4, 0.5) is 13.2 Å². The largest absolute Gasteiger partial charge is 0.401 e. The molecule has 25 heavy (non-hydrogen) atoms. The third-order valence-electron chi connectivity index (χ3n) is 5.64. The van der Waals surface area contributed by atoms with Gasteiger partial charge in [-0.1, -0.05) is 13.8 Å². The van der Waals surface area contributed by atoms with Crippen molar-refractivity contribution < 1.29 is 18.0 Å². The van der Waals surface area contributed by atoms with Gasteiger partial charge < -0.3 is 10.2 Å². The lowest BCUT2D eigenvalue weighted by molar-refractivity contribution is -0.146. The van der Waals surface area contributed by atoms with Gasteiger partial charge in [-0.15, -0.1) is 0 Å². The Morgan fingerprint density at radius 3 is 2.72 bits per heavy atom. The number of carbonyl (C=O) groups is 1. The number of nitrogens with one attached hydrogen (secondary N) is 1. The number of rotatable bonds is 7. The molecule has 0 spiro atoms. The van der Waals surface area contributed by atoms with Crippen molar-refractivity contribution in [3.05, 3.63) is 0 Å². The number of piperidine rings is 1. The number of halogens is 3. The third kappa shape index (κ3) is 6.77. The van der Waals surface area contributed by atoms with Gasteiger partial charge >= 0.3 is 6.18 Å². The van der Waals surface area contributed by atoms with E-state index in [9.17, 15) is 18.0 Å². The van der Waals surface area contributed by atoms with E-state index < -0.39 is 12.7 Å². The van der Waals surface area contributed by atoms with E-state index in [0.29, 0.717) is 44.4 Å². The normalized spacial score (nSPS) is 26.2. The van der Waals surface area contributed by atoms with Gasteiger partial charge in [0.15, 0.2) is 0 Å². The van der Waals surface area contributed by atoms with Gasteiger partial charge in [-0.05, 0) is 56.7 Å². The topological polar surface area (TPSA) is 35.6 Å². The molecule has 2 rings (SSSR count). The number of hydrogen-bond acceptors (Lipinski definition) is 3. The molecule has 2 aliphatic heterocycles. The molecule has 0 aromatic heterocycles. The number of likely N-dealkylation sites (tertiary alicyclic amines) is 1. The van der Waals surface area contributed by atoms with Gasteiger partial charge in [0.2, 0.25) is 5.91 Å². The predicted octanol–water partition coefficient (Wildman–Crippen LogP) is 2.74. The van der Waals surface area contributed by atoms with Crippen molar-refractivity contribution in [2.75, 3.05) is 45.8 Å². The van der Waals surface area contributed by atoms with Gasteiger partial charge in [-0.25, -0.2) is 0 Å². The van der Waals surface area contributed by atoms with Crippen LogP contribution >= 0.6 is 0 Å². The smallest absolute Gasteiger partial charge is 0.342 e. The molecule has 3 atom stereocenters. The minimum Gasteiger partial charge on any atom is -0.342 e. The van der Waals surface area contributed by atoms with Crippen LogP contribution in [0.3, 0.4) is 0 Å². The lowest BCUT2D eigenvalue weighted by Gasteiger charge is -2.29. The molecule has 2 aliphatic rings. The van der Waals surface area contributed by atoms with Crippen molar-refractivity contribution in [2.45, 2.75) is 45.7 Å². The zero-order valence-electron chi connectivity index (χ0n) is 15.4. The van der Waals surface area contributed by atoms with Crippen molar-refractivity contribution in [3.63, 3.8) is 0 Å². The van der Waals surface area contributed by atoms with Crippen LogP contribution in [-0.4, -0.2) is 67.7 Å². The Balaban J connectivity index is 1.76. The second kappa shape index (κ2) is 9.21. The van der Waals surface area contributed by atoms with Crippen molar-refractivity contribution in [1.29, 1.82) is 0 Å². The first kappa shape index (κ1) is 20.5. The summed E-state index contributed by atoms with van der Waals surface area (Å²) in [4.78, 5) is 15.8. The van der Waals surface area contributed by atoms with Crippen LogP contribution in [0, 0.1) is 17.8 Å². The van der Waals surface area contributed by atoms with E-state index in [0.717, 1.165) is 19.5 Å². The highest BCUT2D eigenvalue weighted by Gasteiger charge is 2.34. The van der Waals surface area contributed by atoms with E-state index >= 15 is 0 Å². The van der Waals surface area contributed by atoms with Gasteiger partial charge in [-0.3, -0.25) is 9.69 Å². The van der Waals surface area contributed by atoms with Gasteiger partial charge in [0.25, 0.3) is 0 Å². The number of alkyl halides is 3. The van der Waals surface area contributed by atoms with Crippen LogP contribution in [0.1, 0.15) is 39.5 Å². The molecule has 2 heterocycles. The summed E-state index contributed by atoms with van der Waals surface area (Å²) in [7, 11) is 0. The van der Waals surface area contributed by atoms with Crippen LogP contribution in [0.15, 0.2) is 0 Å². The Bertz CT molecular complexity index is 424. The summed E-state index contributed by atoms with van der Waals surface area (Å²) < 4.78 is 37.7. The highest BCUT2D eigenvalue weighted by Crippen LogP contribution is 2.26. The second-order valence-electron chi connectivity index (χ2n) is 7.73. The van der Waals surface area contributed by atoms with E-state index in [1.165, 1.54) is 17.7 Å². The fourth-order valence-corrected chi connectivity index (χ4v) is 4.07. The Hall–Kier alpha value is -0.820. The minimum absolute atomic E-state index is 0.151. The molecule has 1 N–H and O–H groups in total. The van der Waals surface area contributed by atoms with Gasteiger partial charge in [0, 0.05) is 26.1 Å². The summed E-state index contributed by atoms with van der Waals surface area (Å²) in [6, 6.07) is 0. The zero-order valence-corrected chi connectivity index (χ0v) is 15.4. The second-order valence-corrected chi connectivity index (χ2v) is 7.73. The van der Waals surface area contributed by atoms with E-state index in [-0.39, 0.29) is 11.8 Å². The van der Waals surface area contributed by atoms with E-state index in [1.807, 2.05) is 4.90 Å². The quantitative estimate of drug-likeness (QED) is 0.756. The first-order chi connectivity index (χ1) is 11.8. The maximum absolute atomic E-state index is 12.6. The molecule has 0 radical (unpaired) electrons. The number of nitrogens with zero attached hydrogens (tertiary/aromatic N) is 2. The summed E-state index contributed by atoms with van der Waals surface area (Å²) >= 11 is 0. The average Bonchev–Trinajstić information content (AvgIpc) is 3.02. The van der Waals surface area contributed by atoms with E-state index in [4.69, 9.17) is 0 Å². The van der Waals surface area contributed by atoms with Crippen LogP contribution in [0.5, 0.6) is 0 Å². The molecule has 2 saturated heterocycles. The molecule has 146 valence electrons. The Labute approximate surface area is 149 Å². The average molecular weight is 363 g/mol. The first-order valence-corrected chi connectivity index (χ1v) is 9.56. The molecule has 7 heteroatoms. The fraction of sp³-hybridized carbons (Fsp3) is 0.944. The molecular weight excluding hydrogens is 331 g/mol.